The fraction of sp³-hybridized carbons (Fsp3) is 0.235. The molecule has 0 aliphatic rings. The highest BCUT2D eigenvalue weighted by molar-refractivity contribution is 7.18. The van der Waals surface area contributed by atoms with Crippen LogP contribution in [0.5, 0.6) is 11.6 Å². The predicted molar refractivity (Wildman–Crippen MR) is 94.1 cm³/mol. The highest BCUT2D eigenvalue weighted by Crippen LogP contribution is 2.33. The number of nitrogens with zero attached hydrogens (tertiary/aromatic N) is 2. The van der Waals surface area contributed by atoms with Crippen molar-refractivity contribution >= 4 is 33.1 Å². The van der Waals surface area contributed by atoms with Crippen molar-refractivity contribution in [2.45, 2.75) is 20.5 Å². The number of para-hydroxylation sites is 2. The summed E-state index contributed by atoms with van der Waals surface area (Å²) < 4.78 is 34.7. The molecule has 9 heteroatoms. The van der Waals surface area contributed by atoms with Crippen molar-refractivity contribution in [3.63, 3.8) is 0 Å². The van der Waals surface area contributed by atoms with Crippen molar-refractivity contribution in [3.8, 4) is 11.6 Å². The van der Waals surface area contributed by atoms with E-state index in [-0.39, 0.29) is 18.0 Å². The van der Waals surface area contributed by atoms with E-state index in [4.69, 9.17) is 4.74 Å². The van der Waals surface area contributed by atoms with Crippen LogP contribution in [0, 0.1) is 13.8 Å². The maximum absolute atomic E-state index is 12.4. The van der Waals surface area contributed by atoms with Crippen LogP contribution in [0.25, 0.3) is 10.2 Å². The number of rotatable bonds is 6. The summed E-state index contributed by atoms with van der Waals surface area (Å²) in [7, 11) is 0. The summed E-state index contributed by atoms with van der Waals surface area (Å²) in [5.74, 6) is -0.333. The lowest BCUT2D eigenvalue weighted by molar-refractivity contribution is -0.118. The molecular formula is C17H15F2N3O3S. The van der Waals surface area contributed by atoms with Crippen LogP contribution in [0.3, 0.4) is 0 Å². The zero-order valence-corrected chi connectivity index (χ0v) is 14.8. The highest BCUT2D eigenvalue weighted by atomic mass is 32.1. The summed E-state index contributed by atoms with van der Waals surface area (Å²) in [6.07, 6.45) is 1.37. The van der Waals surface area contributed by atoms with Crippen molar-refractivity contribution in [2.24, 2.45) is 0 Å². The molecule has 3 aromatic rings. The van der Waals surface area contributed by atoms with Crippen molar-refractivity contribution in [3.05, 3.63) is 41.0 Å². The number of benzene rings is 1. The van der Waals surface area contributed by atoms with E-state index in [0.717, 1.165) is 20.7 Å². The van der Waals surface area contributed by atoms with Crippen LogP contribution < -0.4 is 14.8 Å². The van der Waals surface area contributed by atoms with Crippen molar-refractivity contribution in [2.75, 3.05) is 11.9 Å². The molecule has 136 valence electrons. The molecule has 0 fully saturated rings. The molecule has 6 nitrogen and oxygen atoms in total. The number of thiophene rings is 1. The summed E-state index contributed by atoms with van der Waals surface area (Å²) in [6, 6.07) is 5.93. The average molecular weight is 379 g/mol. The minimum Gasteiger partial charge on any atom is -0.467 e. The molecule has 2 heterocycles. The summed E-state index contributed by atoms with van der Waals surface area (Å²) in [4.78, 5) is 22.3. The molecule has 1 aromatic carbocycles. The number of carbonyl (C=O) groups is 1. The molecular weight excluding hydrogens is 364 g/mol. The largest absolute Gasteiger partial charge is 0.467 e. The number of aryl methyl sites for hydroxylation is 2. The Kier molecular flexibility index (Phi) is 5.27. The monoisotopic (exact) mass is 379 g/mol. The van der Waals surface area contributed by atoms with Gasteiger partial charge in [0.25, 0.3) is 5.91 Å². The lowest BCUT2D eigenvalue weighted by Crippen LogP contribution is -2.21. The lowest BCUT2D eigenvalue weighted by Gasteiger charge is -2.12. The van der Waals surface area contributed by atoms with E-state index in [1.54, 1.807) is 6.07 Å². The van der Waals surface area contributed by atoms with Gasteiger partial charge < -0.3 is 14.8 Å². The molecule has 3 rings (SSSR count). The van der Waals surface area contributed by atoms with E-state index in [1.807, 2.05) is 13.8 Å². The predicted octanol–water partition coefficient (Wildman–Crippen LogP) is 3.93. The van der Waals surface area contributed by atoms with Crippen LogP contribution in [-0.4, -0.2) is 29.1 Å². The van der Waals surface area contributed by atoms with Crippen LogP contribution in [-0.2, 0) is 4.79 Å². The molecule has 0 spiro atoms. The van der Waals surface area contributed by atoms with Gasteiger partial charge >= 0.3 is 6.61 Å². The van der Waals surface area contributed by atoms with E-state index in [0.29, 0.717) is 5.88 Å². The van der Waals surface area contributed by atoms with Gasteiger partial charge in [0.15, 0.2) is 6.61 Å². The zero-order chi connectivity index (χ0) is 18.7. The van der Waals surface area contributed by atoms with Gasteiger partial charge in [0.1, 0.15) is 16.9 Å². The standard InChI is InChI=1S/C17H15F2N3O3S/c1-9-10(2)26-16-14(9)15(20-8-21-16)24-7-13(23)22-11-5-3-4-6-12(11)25-17(18)19/h3-6,8,17H,7H2,1-2H3,(H,22,23). The molecule has 2 aromatic heterocycles. The number of hydrogen-bond acceptors (Lipinski definition) is 6. The molecule has 1 amide bonds. The molecule has 0 radical (unpaired) electrons. The Labute approximate surface area is 151 Å². The molecule has 0 saturated heterocycles. The number of carbonyl (C=O) groups excluding carboxylic acids is 1. The first-order valence-electron chi connectivity index (χ1n) is 7.63. The second-order valence-electron chi connectivity index (χ2n) is 5.35. The smallest absolute Gasteiger partial charge is 0.387 e. The summed E-state index contributed by atoms with van der Waals surface area (Å²) in [5, 5.41) is 3.26. The van der Waals surface area contributed by atoms with Crippen LogP contribution in [0.4, 0.5) is 14.5 Å². The van der Waals surface area contributed by atoms with E-state index in [9.17, 15) is 13.6 Å². The first-order valence-corrected chi connectivity index (χ1v) is 8.44. The zero-order valence-electron chi connectivity index (χ0n) is 14.0. The molecule has 0 aliphatic carbocycles. The van der Waals surface area contributed by atoms with Crippen molar-refractivity contribution in [1.29, 1.82) is 0 Å². The van der Waals surface area contributed by atoms with Gasteiger partial charge in [-0.05, 0) is 31.5 Å². The minimum absolute atomic E-state index is 0.121. The number of fused-ring (bicyclic) bond motifs is 1. The molecule has 0 bridgehead atoms. The fourth-order valence-electron chi connectivity index (χ4n) is 2.35. The van der Waals surface area contributed by atoms with Gasteiger partial charge in [-0.3, -0.25) is 4.79 Å². The van der Waals surface area contributed by atoms with Crippen LogP contribution in [0.2, 0.25) is 0 Å². The Bertz CT molecular complexity index is 946. The Hall–Kier alpha value is -2.81. The van der Waals surface area contributed by atoms with E-state index in [2.05, 4.69) is 20.0 Å². The van der Waals surface area contributed by atoms with E-state index < -0.39 is 12.5 Å². The summed E-state index contributed by atoms with van der Waals surface area (Å²) in [6.45, 7) is 0.590. The second-order valence-corrected chi connectivity index (χ2v) is 6.56. The molecule has 0 atom stereocenters. The Morgan fingerprint density at radius 3 is 2.81 bits per heavy atom. The number of halogens is 2. The number of alkyl halides is 2. The summed E-state index contributed by atoms with van der Waals surface area (Å²) in [5.41, 5.74) is 1.13. The van der Waals surface area contributed by atoms with Crippen LogP contribution in [0.15, 0.2) is 30.6 Å². The van der Waals surface area contributed by atoms with Gasteiger partial charge in [-0.25, -0.2) is 9.97 Å². The molecule has 26 heavy (non-hydrogen) atoms. The molecule has 0 aliphatic heterocycles. The highest BCUT2D eigenvalue weighted by Gasteiger charge is 2.15. The molecule has 0 saturated carbocycles. The van der Waals surface area contributed by atoms with Gasteiger partial charge in [0, 0.05) is 4.88 Å². The number of amides is 1. The SMILES string of the molecule is Cc1sc2ncnc(OCC(=O)Nc3ccccc3OC(F)F)c2c1C. The minimum atomic E-state index is -2.98. The normalized spacial score (nSPS) is 11.0. The van der Waals surface area contributed by atoms with Gasteiger partial charge in [-0.1, -0.05) is 12.1 Å². The van der Waals surface area contributed by atoms with Gasteiger partial charge in [-0.2, -0.15) is 8.78 Å². The Morgan fingerprint density at radius 2 is 2.04 bits per heavy atom. The van der Waals surface area contributed by atoms with Crippen molar-refractivity contribution in [1.82, 2.24) is 9.97 Å². The van der Waals surface area contributed by atoms with E-state index in [1.165, 1.54) is 35.9 Å². The maximum Gasteiger partial charge on any atom is 0.387 e. The van der Waals surface area contributed by atoms with Gasteiger partial charge in [0.05, 0.1) is 11.1 Å². The summed E-state index contributed by atoms with van der Waals surface area (Å²) >= 11 is 1.52. The Balaban J connectivity index is 1.71. The quantitative estimate of drug-likeness (QED) is 0.703. The number of anilines is 1. The third-order valence-electron chi connectivity index (χ3n) is 3.65. The number of ether oxygens (including phenoxy) is 2. The van der Waals surface area contributed by atoms with E-state index >= 15 is 0 Å². The van der Waals surface area contributed by atoms with Crippen molar-refractivity contribution < 1.29 is 23.0 Å². The fourth-order valence-corrected chi connectivity index (χ4v) is 3.34. The average Bonchev–Trinajstić information content (AvgIpc) is 2.89. The number of nitrogens with one attached hydrogen (secondary N) is 1. The number of aromatic nitrogens is 2. The third kappa shape index (κ3) is 3.88. The van der Waals surface area contributed by atoms with Crippen LogP contribution in [0.1, 0.15) is 10.4 Å². The molecule has 0 unspecified atom stereocenters. The molecule has 1 N–H and O–H groups in total. The first-order chi connectivity index (χ1) is 12.5. The second kappa shape index (κ2) is 7.61. The maximum atomic E-state index is 12.4. The first kappa shape index (κ1) is 18.0. The van der Waals surface area contributed by atoms with Gasteiger partial charge in [-0.15, -0.1) is 11.3 Å². The topological polar surface area (TPSA) is 73.3 Å². The number of hydrogen-bond donors (Lipinski definition) is 1. The Morgan fingerprint density at radius 1 is 1.27 bits per heavy atom. The van der Waals surface area contributed by atoms with Crippen LogP contribution >= 0.6 is 11.3 Å². The van der Waals surface area contributed by atoms with Gasteiger partial charge in [0.2, 0.25) is 5.88 Å². The third-order valence-corrected chi connectivity index (χ3v) is 4.76. The lowest BCUT2D eigenvalue weighted by atomic mass is 10.2.